The molecule has 12 heteroatoms. The van der Waals surface area contributed by atoms with Crippen LogP contribution in [0.2, 0.25) is 5.02 Å². The minimum absolute atomic E-state index is 0.210. The van der Waals surface area contributed by atoms with Crippen LogP contribution in [0, 0.1) is 4.77 Å². The Hall–Kier alpha value is -3.05. The van der Waals surface area contributed by atoms with Crippen LogP contribution in [0.15, 0.2) is 53.1 Å². The van der Waals surface area contributed by atoms with Gasteiger partial charge in [-0.05, 0) is 42.0 Å². The van der Waals surface area contributed by atoms with E-state index in [1.807, 2.05) is 0 Å². The Morgan fingerprint density at radius 2 is 2.00 bits per heavy atom. The summed E-state index contributed by atoms with van der Waals surface area (Å²) in [6.07, 6.45) is -3.16. The van der Waals surface area contributed by atoms with Crippen molar-refractivity contribution in [2.24, 2.45) is 0 Å². The van der Waals surface area contributed by atoms with E-state index in [1.54, 1.807) is 47.0 Å². The number of anilines is 1. The third kappa shape index (κ3) is 3.82. The van der Waals surface area contributed by atoms with Crippen molar-refractivity contribution >= 4 is 29.6 Å². The van der Waals surface area contributed by atoms with E-state index in [0.29, 0.717) is 26.9 Å². The van der Waals surface area contributed by atoms with Crippen molar-refractivity contribution in [2.45, 2.75) is 31.2 Å². The first kappa shape index (κ1) is 20.8. The lowest BCUT2D eigenvalue weighted by atomic mass is 9.97. The average Bonchev–Trinajstić information content (AvgIpc) is 3.48. The van der Waals surface area contributed by atoms with E-state index >= 15 is 0 Å². The van der Waals surface area contributed by atoms with Gasteiger partial charge < -0.3 is 9.73 Å². The molecule has 0 amide bonds. The molecule has 32 heavy (non-hydrogen) atoms. The molecule has 0 saturated heterocycles. The summed E-state index contributed by atoms with van der Waals surface area (Å²) in [6.45, 7) is 0.267. The number of fused-ring (bicyclic) bond motifs is 1. The fourth-order valence-corrected chi connectivity index (χ4v) is 4.14. The van der Waals surface area contributed by atoms with Crippen LogP contribution in [0.5, 0.6) is 0 Å². The lowest BCUT2D eigenvalue weighted by molar-refractivity contribution is -0.173. The van der Waals surface area contributed by atoms with E-state index < -0.39 is 18.3 Å². The number of aromatic nitrogens is 5. The average molecular weight is 481 g/mol. The molecule has 4 heterocycles. The standard InChI is InChI=1S/C20H16ClF3N6OS/c21-12-5-3-11(4-6-12)14-8-16(20(22,23)24)30-17(25-14)9-15(28-30)18-26-27-19(32)29(18)10-13-2-1-7-31-13/h1-7,9,14,16,25H,8,10H2,(H,27,32). The number of hydrogen-bond donors (Lipinski definition) is 2. The molecular weight excluding hydrogens is 465 g/mol. The quantitative estimate of drug-likeness (QED) is 0.363. The number of halogens is 4. The zero-order valence-electron chi connectivity index (χ0n) is 16.3. The highest BCUT2D eigenvalue weighted by atomic mass is 35.5. The number of hydrogen-bond acceptors (Lipinski definition) is 5. The summed E-state index contributed by atoms with van der Waals surface area (Å²) in [6, 6.07) is 9.45. The van der Waals surface area contributed by atoms with Gasteiger partial charge in [0.15, 0.2) is 16.6 Å². The molecule has 0 fully saturated rings. The first-order valence-corrected chi connectivity index (χ1v) is 10.4. The van der Waals surface area contributed by atoms with Gasteiger partial charge in [-0.3, -0.25) is 9.67 Å². The summed E-state index contributed by atoms with van der Waals surface area (Å²) in [7, 11) is 0. The van der Waals surface area contributed by atoms with E-state index in [-0.39, 0.29) is 24.5 Å². The molecule has 2 atom stereocenters. The molecule has 4 aromatic rings. The van der Waals surface area contributed by atoms with Gasteiger partial charge in [0.2, 0.25) is 0 Å². The number of alkyl halides is 3. The molecule has 2 unspecified atom stereocenters. The van der Waals surface area contributed by atoms with Gasteiger partial charge in [0.25, 0.3) is 0 Å². The SMILES string of the molecule is FC(F)(F)C1CC(c2ccc(Cl)cc2)Nc2cc(-c3n[nH]c(=S)n3Cc3ccco3)nn21. The number of nitrogens with one attached hydrogen (secondary N) is 2. The molecule has 0 bridgehead atoms. The van der Waals surface area contributed by atoms with Crippen molar-refractivity contribution < 1.29 is 17.6 Å². The molecule has 0 spiro atoms. The summed E-state index contributed by atoms with van der Waals surface area (Å²) in [5.74, 6) is 1.19. The normalized spacial score (nSPS) is 18.4. The maximum Gasteiger partial charge on any atom is 0.410 e. The van der Waals surface area contributed by atoms with E-state index in [1.165, 1.54) is 6.26 Å². The van der Waals surface area contributed by atoms with Gasteiger partial charge in [-0.15, -0.1) is 0 Å². The van der Waals surface area contributed by atoms with Gasteiger partial charge in [-0.2, -0.15) is 23.4 Å². The summed E-state index contributed by atoms with van der Waals surface area (Å²) in [5, 5.41) is 14.8. The summed E-state index contributed by atoms with van der Waals surface area (Å²) < 4.78 is 50.1. The van der Waals surface area contributed by atoms with Crippen LogP contribution in [0.25, 0.3) is 11.5 Å². The van der Waals surface area contributed by atoms with Crippen LogP contribution < -0.4 is 5.32 Å². The van der Waals surface area contributed by atoms with Crippen molar-refractivity contribution in [1.82, 2.24) is 24.5 Å². The topological polar surface area (TPSA) is 76.6 Å². The molecule has 7 nitrogen and oxygen atoms in total. The molecule has 1 aliphatic rings. The van der Waals surface area contributed by atoms with Crippen LogP contribution >= 0.6 is 23.8 Å². The summed E-state index contributed by atoms with van der Waals surface area (Å²) in [4.78, 5) is 0. The van der Waals surface area contributed by atoms with E-state index in [2.05, 4.69) is 20.6 Å². The number of nitrogens with zero attached hydrogens (tertiary/aromatic N) is 4. The Balaban J connectivity index is 1.54. The highest BCUT2D eigenvalue weighted by molar-refractivity contribution is 7.71. The van der Waals surface area contributed by atoms with E-state index in [4.69, 9.17) is 28.2 Å². The van der Waals surface area contributed by atoms with Crippen molar-refractivity contribution in [3.05, 3.63) is 69.8 Å². The van der Waals surface area contributed by atoms with Gasteiger partial charge in [0, 0.05) is 17.5 Å². The van der Waals surface area contributed by atoms with Gasteiger partial charge in [0.1, 0.15) is 17.3 Å². The van der Waals surface area contributed by atoms with Gasteiger partial charge in [-0.25, -0.2) is 4.68 Å². The second-order valence-electron chi connectivity index (χ2n) is 7.42. The predicted octanol–water partition coefficient (Wildman–Crippen LogP) is 5.76. The lowest BCUT2D eigenvalue weighted by Crippen LogP contribution is -2.35. The fourth-order valence-electron chi connectivity index (χ4n) is 3.81. The van der Waals surface area contributed by atoms with Crippen LogP contribution in [0.3, 0.4) is 0 Å². The molecule has 1 aromatic carbocycles. The zero-order valence-corrected chi connectivity index (χ0v) is 17.9. The molecule has 5 rings (SSSR count). The Bertz CT molecular complexity index is 1290. The molecule has 2 N–H and O–H groups in total. The second-order valence-corrected chi connectivity index (χ2v) is 8.24. The molecule has 3 aromatic heterocycles. The Morgan fingerprint density at radius 3 is 2.69 bits per heavy atom. The highest BCUT2D eigenvalue weighted by Gasteiger charge is 2.46. The molecule has 0 radical (unpaired) electrons. The maximum absolute atomic E-state index is 14.0. The van der Waals surface area contributed by atoms with Crippen molar-refractivity contribution in [3.8, 4) is 11.5 Å². The number of H-pyrrole nitrogens is 1. The number of rotatable bonds is 4. The van der Waals surface area contributed by atoms with Crippen LogP contribution in [-0.4, -0.2) is 30.7 Å². The van der Waals surface area contributed by atoms with Gasteiger partial charge in [0.05, 0.1) is 18.8 Å². The number of aromatic amines is 1. The molecule has 166 valence electrons. The fraction of sp³-hybridized carbons (Fsp3) is 0.250. The van der Waals surface area contributed by atoms with Crippen LogP contribution in [-0.2, 0) is 6.54 Å². The van der Waals surface area contributed by atoms with Crippen molar-refractivity contribution in [1.29, 1.82) is 0 Å². The second kappa shape index (κ2) is 7.82. The smallest absolute Gasteiger partial charge is 0.410 e. The third-order valence-electron chi connectivity index (χ3n) is 5.34. The molecule has 1 aliphatic heterocycles. The van der Waals surface area contributed by atoms with E-state index in [0.717, 1.165) is 4.68 Å². The minimum Gasteiger partial charge on any atom is -0.467 e. The van der Waals surface area contributed by atoms with Crippen molar-refractivity contribution in [2.75, 3.05) is 5.32 Å². The first-order valence-electron chi connectivity index (χ1n) is 9.66. The zero-order chi connectivity index (χ0) is 22.5. The third-order valence-corrected chi connectivity index (χ3v) is 5.91. The Kier molecular flexibility index (Phi) is 5.09. The van der Waals surface area contributed by atoms with Crippen LogP contribution in [0.4, 0.5) is 19.0 Å². The lowest BCUT2D eigenvalue weighted by Gasteiger charge is -2.33. The Labute approximate surface area is 189 Å². The van der Waals surface area contributed by atoms with Gasteiger partial charge in [-0.1, -0.05) is 23.7 Å². The summed E-state index contributed by atoms with van der Waals surface area (Å²) >= 11 is 11.2. The largest absolute Gasteiger partial charge is 0.467 e. The monoisotopic (exact) mass is 480 g/mol. The summed E-state index contributed by atoms with van der Waals surface area (Å²) in [5.41, 5.74) is 0.968. The molecule has 0 saturated carbocycles. The number of furan rings is 1. The maximum atomic E-state index is 14.0. The molecular formula is C20H16ClF3N6OS. The predicted molar refractivity (Wildman–Crippen MR) is 114 cm³/mol. The van der Waals surface area contributed by atoms with Crippen molar-refractivity contribution in [3.63, 3.8) is 0 Å². The van der Waals surface area contributed by atoms with E-state index in [9.17, 15) is 13.2 Å². The highest BCUT2D eigenvalue weighted by Crippen LogP contribution is 2.44. The van der Waals surface area contributed by atoms with Gasteiger partial charge >= 0.3 is 6.18 Å². The molecule has 0 aliphatic carbocycles. The van der Waals surface area contributed by atoms with Crippen LogP contribution in [0.1, 0.15) is 29.8 Å². The Morgan fingerprint density at radius 1 is 1.22 bits per heavy atom. The first-order chi connectivity index (χ1) is 15.3. The minimum atomic E-state index is -4.48. The number of benzene rings is 1.